The minimum atomic E-state index is 0.324. The maximum atomic E-state index is 5.48. The molecule has 0 spiro atoms. The Morgan fingerprint density at radius 2 is 2.33 bits per heavy atom. The molecule has 0 saturated heterocycles. The van der Waals surface area contributed by atoms with Gasteiger partial charge in [-0.3, -0.25) is 0 Å². The highest BCUT2D eigenvalue weighted by molar-refractivity contribution is 9.10. The van der Waals surface area contributed by atoms with Crippen molar-refractivity contribution in [1.82, 2.24) is 20.2 Å². The fraction of sp³-hybridized carbons (Fsp3) is 0.222. The number of aromatic nitrogens is 4. The molecule has 0 aliphatic carbocycles. The zero-order chi connectivity index (χ0) is 10.7. The first-order valence-corrected chi connectivity index (χ1v) is 5.14. The van der Waals surface area contributed by atoms with Gasteiger partial charge in [-0.05, 0) is 23.4 Å². The summed E-state index contributed by atoms with van der Waals surface area (Å²) in [6, 6.07) is 7.61. The van der Waals surface area contributed by atoms with E-state index in [4.69, 9.17) is 4.74 Å². The van der Waals surface area contributed by atoms with Crippen molar-refractivity contribution < 1.29 is 4.74 Å². The molecule has 0 aliphatic heterocycles. The second kappa shape index (κ2) is 4.39. The van der Waals surface area contributed by atoms with E-state index in [1.54, 1.807) is 7.05 Å². The maximum Gasteiger partial charge on any atom is 0.212 e. The lowest BCUT2D eigenvalue weighted by Gasteiger charge is -2.02. The van der Waals surface area contributed by atoms with E-state index < -0.39 is 0 Å². The summed E-state index contributed by atoms with van der Waals surface area (Å²) >= 11 is 3.36. The highest BCUT2D eigenvalue weighted by Crippen LogP contribution is 2.18. The van der Waals surface area contributed by atoms with Crippen LogP contribution < -0.4 is 4.74 Å². The van der Waals surface area contributed by atoms with Crippen LogP contribution >= 0.6 is 15.9 Å². The summed E-state index contributed by atoms with van der Waals surface area (Å²) in [5.41, 5.74) is 0. The third kappa shape index (κ3) is 2.76. The van der Waals surface area contributed by atoms with E-state index in [-0.39, 0.29) is 0 Å². The summed E-state index contributed by atoms with van der Waals surface area (Å²) in [7, 11) is 1.72. The first-order chi connectivity index (χ1) is 7.24. The molecule has 0 atom stereocenters. The first kappa shape index (κ1) is 10.1. The number of hydrogen-bond donors (Lipinski definition) is 0. The van der Waals surface area contributed by atoms with Gasteiger partial charge < -0.3 is 4.74 Å². The van der Waals surface area contributed by atoms with Crippen LogP contribution in [0.4, 0.5) is 0 Å². The average Bonchev–Trinajstić information content (AvgIpc) is 2.62. The van der Waals surface area contributed by atoms with Gasteiger partial charge in [-0.15, -0.1) is 10.2 Å². The van der Waals surface area contributed by atoms with Crippen LogP contribution in [0, 0.1) is 0 Å². The predicted molar refractivity (Wildman–Crippen MR) is 57.3 cm³/mol. The highest BCUT2D eigenvalue weighted by Gasteiger charge is 2.01. The molecule has 0 N–H and O–H groups in total. The molecule has 0 fully saturated rings. The third-order valence-corrected chi connectivity index (χ3v) is 2.21. The number of rotatable bonds is 3. The Balaban J connectivity index is 1.99. The van der Waals surface area contributed by atoms with Crippen LogP contribution in [0.3, 0.4) is 0 Å². The number of hydrogen-bond acceptors (Lipinski definition) is 4. The number of tetrazole rings is 1. The van der Waals surface area contributed by atoms with E-state index in [1.807, 2.05) is 24.3 Å². The fourth-order valence-electron chi connectivity index (χ4n) is 1.09. The Hall–Kier alpha value is -1.43. The van der Waals surface area contributed by atoms with Gasteiger partial charge in [0, 0.05) is 4.47 Å². The largest absolute Gasteiger partial charge is 0.485 e. The monoisotopic (exact) mass is 268 g/mol. The Kier molecular flexibility index (Phi) is 2.96. The van der Waals surface area contributed by atoms with E-state index in [0.717, 1.165) is 10.2 Å². The van der Waals surface area contributed by atoms with Crippen LogP contribution in [0.1, 0.15) is 5.82 Å². The molecule has 5 nitrogen and oxygen atoms in total. The lowest BCUT2D eigenvalue weighted by atomic mass is 10.3. The van der Waals surface area contributed by atoms with Gasteiger partial charge in [0.15, 0.2) is 6.61 Å². The number of aryl methyl sites for hydroxylation is 1. The molecule has 0 radical (unpaired) electrons. The summed E-state index contributed by atoms with van der Waals surface area (Å²) in [5.74, 6) is 1.34. The van der Waals surface area contributed by atoms with E-state index in [2.05, 4.69) is 31.3 Å². The van der Waals surface area contributed by atoms with Crippen molar-refractivity contribution in [2.24, 2.45) is 7.05 Å². The van der Waals surface area contributed by atoms with Gasteiger partial charge >= 0.3 is 0 Å². The Morgan fingerprint density at radius 3 is 3.00 bits per heavy atom. The zero-order valence-electron chi connectivity index (χ0n) is 8.09. The van der Waals surface area contributed by atoms with E-state index in [0.29, 0.717) is 12.4 Å². The lowest BCUT2D eigenvalue weighted by molar-refractivity contribution is 0.295. The van der Waals surface area contributed by atoms with Gasteiger partial charge in [-0.1, -0.05) is 22.0 Å². The maximum absolute atomic E-state index is 5.48. The SMILES string of the molecule is Cn1nnc(COc2cccc(Br)c2)n1. The highest BCUT2D eigenvalue weighted by atomic mass is 79.9. The molecule has 0 bridgehead atoms. The molecule has 1 aromatic carbocycles. The van der Waals surface area contributed by atoms with Gasteiger partial charge in [-0.2, -0.15) is 4.80 Å². The zero-order valence-corrected chi connectivity index (χ0v) is 9.68. The van der Waals surface area contributed by atoms with Crippen LogP contribution in [-0.2, 0) is 13.7 Å². The molecule has 2 aromatic rings. The van der Waals surface area contributed by atoms with Gasteiger partial charge in [-0.25, -0.2) is 0 Å². The van der Waals surface area contributed by atoms with Crippen molar-refractivity contribution >= 4 is 15.9 Å². The summed E-state index contributed by atoms with van der Waals surface area (Å²) < 4.78 is 6.46. The summed E-state index contributed by atoms with van der Waals surface area (Å²) in [4.78, 5) is 1.40. The molecule has 0 amide bonds. The van der Waals surface area contributed by atoms with Gasteiger partial charge in [0.1, 0.15) is 5.75 Å². The smallest absolute Gasteiger partial charge is 0.212 e. The summed E-state index contributed by atoms with van der Waals surface area (Å²) in [5, 5.41) is 11.5. The molecular formula is C9H9BrN4O. The molecule has 6 heteroatoms. The molecule has 0 saturated carbocycles. The van der Waals surface area contributed by atoms with Gasteiger partial charge in [0.2, 0.25) is 5.82 Å². The topological polar surface area (TPSA) is 52.8 Å². The van der Waals surface area contributed by atoms with Crippen molar-refractivity contribution in [2.45, 2.75) is 6.61 Å². The van der Waals surface area contributed by atoms with Crippen molar-refractivity contribution in [3.05, 3.63) is 34.6 Å². The lowest BCUT2D eigenvalue weighted by Crippen LogP contribution is -1.99. The van der Waals surface area contributed by atoms with Crippen LogP contribution in [0.25, 0.3) is 0 Å². The molecule has 1 aromatic heterocycles. The Bertz CT molecular complexity index is 457. The van der Waals surface area contributed by atoms with E-state index >= 15 is 0 Å². The van der Waals surface area contributed by atoms with Crippen LogP contribution in [-0.4, -0.2) is 20.2 Å². The molecule has 0 unspecified atom stereocenters. The summed E-state index contributed by atoms with van der Waals surface area (Å²) in [6.45, 7) is 0.324. The molecule has 15 heavy (non-hydrogen) atoms. The second-order valence-corrected chi connectivity index (χ2v) is 3.86. The average molecular weight is 269 g/mol. The van der Waals surface area contributed by atoms with Crippen LogP contribution in [0.5, 0.6) is 5.75 Å². The normalized spacial score (nSPS) is 10.3. The predicted octanol–water partition coefficient (Wildman–Crippen LogP) is 1.55. The number of benzene rings is 1. The van der Waals surface area contributed by atoms with Crippen LogP contribution in [0.15, 0.2) is 28.7 Å². The molecule has 78 valence electrons. The Morgan fingerprint density at radius 1 is 1.47 bits per heavy atom. The number of nitrogens with zero attached hydrogens (tertiary/aromatic N) is 4. The first-order valence-electron chi connectivity index (χ1n) is 4.35. The van der Waals surface area contributed by atoms with Crippen molar-refractivity contribution in [2.75, 3.05) is 0 Å². The van der Waals surface area contributed by atoms with Crippen molar-refractivity contribution in [3.63, 3.8) is 0 Å². The van der Waals surface area contributed by atoms with Gasteiger partial charge in [0.25, 0.3) is 0 Å². The van der Waals surface area contributed by atoms with Crippen molar-refractivity contribution in [1.29, 1.82) is 0 Å². The van der Waals surface area contributed by atoms with E-state index in [9.17, 15) is 0 Å². The molecular weight excluding hydrogens is 260 g/mol. The molecule has 2 rings (SSSR count). The molecule has 1 heterocycles. The third-order valence-electron chi connectivity index (χ3n) is 1.71. The quantitative estimate of drug-likeness (QED) is 0.848. The standard InChI is InChI=1S/C9H9BrN4O/c1-14-12-9(11-13-14)6-15-8-4-2-3-7(10)5-8/h2-5H,6H2,1H3. The Labute approximate surface area is 95.2 Å². The number of ether oxygens (including phenoxy) is 1. The molecule has 0 aliphatic rings. The summed E-state index contributed by atoms with van der Waals surface area (Å²) in [6.07, 6.45) is 0. The van der Waals surface area contributed by atoms with E-state index in [1.165, 1.54) is 4.80 Å². The fourth-order valence-corrected chi connectivity index (χ4v) is 1.46. The van der Waals surface area contributed by atoms with Gasteiger partial charge in [0.05, 0.1) is 7.05 Å². The minimum absolute atomic E-state index is 0.324. The van der Waals surface area contributed by atoms with Crippen molar-refractivity contribution in [3.8, 4) is 5.75 Å². The van der Waals surface area contributed by atoms with Crippen LogP contribution in [0.2, 0.25) is 0 Å². The number of halogens is 1. The minimum Gasteiger partial charge on any atom is -0.485 e. The second-order valence-electron chi connectivity index (χ2n) is 2.94.